The molecule has 0 aliphatic rings. The lowest BCUT2D eigenvalue weighted by molar-refractivity contribution is -2.00. The van der Waals surface area contributed by atoms with Crippen molar-refractivity contribution in [2.24, 2.45) is 0 Å². The van der Waals surface area contributed by atoms with Crippen molar-refractivity contribution in [1.29, 1.82) is 0 Å². The number of aryl methyl sites for hydroxylation is 2. The number of rotatable bonds is 2. The SMILES string of the molecule is Cc1c[n+](-c2ccc(S(C)=O)cc2)sc1C.[O-][Cl+3]([O-])([O-])[O-]. The van der Waals surface area contributed by atoms with Crippen molar-refractivity contribution in [2.75, 3.05) is 6.26 Å². The highest BCUT2D eigenvalue weighted by atomic mass is 35.7. The molecule has 1 atom stereocenters. The summed E-state index contributed by atoms with van der Waals surface area (Å²) in [4.78, 5) is 2.19. The van der Waals surface area contributed by atoms with E-state index in [0.717, 1.165) is 10.6 Å². The summed E-state index contributed by atoms with van der Waals surface area (Å²) in [5.41, 5.74) is 2.42. The van der Waals surface area contributed by atoms with E-state index in [2.05, 4.69) is 24.0 Å². The topological polar surface area (TPSA) is 113 Å². The van der Waals surface area contributed by atoms with Crippen molar-refractivity contribution < 1.29 is 37.0 Å². The van der Waals surface area contributed by atoms with E-state index >= 15 is 0 Å². The minimum Gasteiger partial charge on any atom is -0.255 e. The molecule has 1 aromatic heterocycles. The van der Waals surface area contributed by atoms with E-state index in [1.165, 1.54) is 10.4 Å². The van der Waals surface area contributed by atoms with E-state index in [1.807, 2.05) is 24.3 Å². The monoisotopic (exact) mass is 351 g/mol. The Kier molecular flexibility index (Phi) is 6.41. The predicted molar refractivity (Wildman–Crippen MR) is 67.7 cm³/mol. The van der Waals surface area contributed by atoms with Gasteiger partial charge in [-0.2, -0.15) is 0 Å². The van der Waals surface area contributed by atoms with E-state index in [9.17, 15) is 4.21 Å². The molecule has 0 spiro atoms. The van der Waals surface area contributed by atoms with Crippen LogP contribution in [0.5, 0.6) is 0 Å². The van der Waals surface area contributed by atoms with Gasteiger partial charge >= 0.3 is 0 Å². The van der Waals surface area contributed by atoms with E-state index in [4.69, 9.17) is 18.6 Å². The van der Waals surface area contributed by atoms with E-state index in [-0.39, 0.29) is 0 Å². The Labute approximate surface area is 131 Å². The highest BCUT2D eigenvalue weighted by Crippen LogP contribution is 2.13. The summed E-state index contributed by atoms with van der Waals surface area (Å²) in [5.74, 6) is 0. The largest absolute Gasteiger partial charge is 0.255 e. The van der Waals surface area contributed by atoms with Gasteiger partial charge in [0, 0.05) is 39.6 Å². The van der Waals surface area contributed by atoms with Gasteiger partial charge in [-0.3, -0.25) is 4.21 Å². The predicted octanol–water partition coefficient (Wildman–Crippen LogP) is -2.38. The van der Waals surface area contributed by atoms with Gasteiger partial charge in [0.1, 0.15) is 11.5 Å². The smallest absolute Gasteiger partial charge is 0.224 e. The summed E-state index contributed by atoms with van der Waals surface area (Å²) in [7, 11) is -5.84. The number of benzene rings is 1. The van der Waals surface area contributed by atoms with Crippen LogP contribution in [0.3, 0.4) is 0 Å². The number of nitrogens with zero attached hydrogens (tertiary/aromatic N) is 1. The van der Waals surface area contributed by atoms with Crippen LogP contribution in [0, 0.1) is 24.1 Å². The first kappa shape index (κ1) is 18.2. The van der Waals surface area contributed by atoms with Gasteiger partial charge in [-0.05, 0) is 26.0 Å². The van der Waals surface area contributed by atoms with Crippen LogP contribution >= 0.6 is 11.5 Å². The van der Waals surface area contributed by atoms with Crippen LogP contribution in [-0.4, -0.2) is 10.5 Å². The molecule has 0 amide bonds. The molecule has 9 heteroatoms. The average Bonchev–Trinajstić information content (AvgIpc) is 2.68. The van der Waals surface area contributed by atoms with Crippen LogP contribution < -0.4 is 22.6 Å². The fourth-order valence-electron chi connectivity index (χ4n) is 1.42. The molecule has 0 saturated heterocycles. The minimum absolute atomic E-state index is 0.870. The number of halogens is 1. The number of aromatic nitrogens is 1. The van der Waals surface area contributed by atoms with Crippen LogP contribution in [0.4, 0.5) is 0 Å². The van der Waals surface area contributed by atoms with Crippen molar-refractivity contribution in [3.8, 4) is 5.69 Å². The van der Waals surface area contributed by atoms with Crippen LogP contribution in [0.2, 0.25) is 0 Å². The molecule has 0 N–H and O–H groups in total. The Morgan fingerprint density at radius 1 is 1.10 bits per heavy atom. The second-order valence-electron chi connectivity index (χ2n) is 4.11. The van der Waals surface area contributed by atoms with Gasteiger partial charge in [-0.1, -0.05) is 0 Å². The van der Waals surface area contributed by atoms with Crippen molar-refractivity contribution in [2.45, 2.75) is 18.7 Å². The van der Waals surface area contributed by atoms with Gasteiger partial charge < -0.3 is 0 Å². The maximum Gasteiger partial charge on any atom is 0.224 e. The Balaban J connectivity index is 0.000000383. The summed E-state index contributed by atoms with van der Waals surface area (Å²) < 4.78 is 47.4. The molecule has 0 radical (unpaired) electrons. The molecular formula is C12H14ClNO5S2. The summed E-state index contributed by atoms with van der Waals surface area (Å²) in [5, 5.41) is 0. The molecule has 2 rings (SSSR count). The number of hydrogen-bond donors (Lipinski definition) is 0. The molecular weight excluding hydrogens is 338 g/mol. The van der Waals surface area contributed by atoms with Gasteiger partial charge in [0.2, 0.25) is 5.69 Å². The molecule has 0 bridgehead atoms. The molecule has 0 aliphatic heterocycles. The van der Waals surface area contributed by atoms with Crippen molar-refractivity contribution >= 4 is 22.3 Å². The molecule has 1 aromatic carbocycles. The van der Waals surface area contributed by atoms with E-state index in [0.29, 0.717) is 0 Å². The summed E-state index contributed by atoms with van der Waals surface area (Å²) in [6.45, 7) is 4.23. The average molecular weight is 352 g/mol. The lowest BCUT2D eigenvalue weighted by Gasteiger charge is -2.17. The first-order chi connectivity index (χ1) is 9.58. The second-order valence-corrected chi connectivity index (χ2v) is 7.44. The molecule has 0 aliphatic carbocycles. The van der Waals surface area contributed by atoms with Crippen LogP contribution in [-0.2, 0) is 10.8 Å². The van der Waals surface area contributed by atoms with Crippen molar-refractivity contribution in [3.63, 3.8) is 0 Å². The van der Waals surface area contributed by atoms with Crippen LogP contribution in [0.1, 0.15) is 10.4 Å². The third kappa shape index (κ3) is 6.62. The Morgan fingerprint density at radius 2 is 1.57 bits per heavy atom. The zero-order chi connectivity index (χ0) is 16.2. The van der Waals surface area contributed by atoms with E-state index in [1.54, 1.807) is 17.8 Å². The molecule has 21 heavy (non-hydrogen) atoms. The maximum absolute atomic E-state index is 11.3. The molecule has 1 heterocycles. The lowest BCUT2D eigenvalue weighted by atomic mass is 10.3. The molecule has 6 nitrogen and oxygen atoms in total. The highest BCUT2D eigenvalue weighted by Gasteiger charge is 2.12. The second kappa shape index (κ2) is 7.41. The molecule has 116 valence electrons. The van der Waals surface area contributed by atoms with E-state index < -0.39 is 21.0 Å². The van der Waals surface area contributed by atoms with Gasteiger partial charge in [0.05, 0.1) is 4.88 Å². The van der Waals surface area contributed by atoms with Gasteiger partial charge in [-0.25, -0.2) is 18.6 Å². The fourth-order valence-corrected chi connectivity index (χ4v) is 2.87. The lowest BCUT2D eigenvalue weighted by Crippen LogP contribution is -2.68. The fraction of sp³-hybridized carbons (Fsp3) is 0.250. The van der Waals surface area contributed by atoms with Crippen molar-refractivity contribution in [3.05, 3.63) is 40.9 Å². The highest BCUT2D eigenvalue weighted by molar-refractivity contribution is 7.84. The molecule has 2 aromatic rings. The van der Waals surface area contributed by atoms with Crippen molar-refractivity contribution in [1.82, 2.24) is 0 Å². The molecule has 0 fully saturated rings. The Hall–Kier alpha value is -0.870. The molecule has 0 saturated carbocycles. The zero-order valence-electron chi connectivity index (χ0n) is 11.6. The third-order valence-electron chi connectivity index (χ3n) is 2.52. The standard InChI is InChI=1S/C12H14NOS2.ClHO4/c1-9-8-13(15-10(9)2)11-4-6-12(7-5-11)16(3)14;2-1(3,4)5/h4-8H,1-3H3;(H,2,3,4,5)/q+1;/p-1. The van der Waals surface area contributed by atoms with Crippen LogP contribution in [0.25, 0.3) is 5.69 Å². The summed E-state index contributed by atoms with van der Waals surface area (Å²) in [6, 6.07) is 7.85. The quantitative estimate of drug-likeness (QED) is 0.561. The van der Waals surface area contributed by atoms with Gasteiger partial charge in [0.15, 0.2) is 6.20 Å². The zero-order valence-corrected chi connectivity index (χ0v) is 14.0. The molecule has 1 unspecified atom stereocenters. The third-order valence-corrected chi connectivity index (χ3v) is 4.57. The first-order valence-electron chi connectivity index (χ1n) is 5.62. The minimum atomic E-state index is -4.94. The van der Waals surface area contributed by atoms with Crippen LogP contribution in [0.15, 0.2) is 35.4 Å². The Morgan fingerprint density at radius 3 is 1.90 bits per heavy atom. The summed E-state index contributed by atoms with van der Waals surface area (Å²) >= 11 is 1.72. The Bertz CT molecular complexity index is 596. The normalized spacial score (nSPS) is 12.5. The maximum atomic E-state index is 11.3. The number of hydrogen-bond acceptors (Lipinski definition) is 6. The first-order valence-corrected chi connectivity index (χ1v) is 9.19. The van der Waals surface area contributed by atoms with Gasteiger partial charge in [-0.15, -0.1) is 14.2 Å². The summed E-state index contributed by atoms with van der Waals surface area (Å²) in [6.07, 6.45) is 3.82. The van der Waals surface area contributed by atoms with Gasteiger partial charge in [0.25, 0.3) is 0 Å².